The standard InChI is InChI=1S/C16H14N2O4S/c1-22-13-8-4-10(5-9-13)14(19)18-16(23)17-12-6-2-11(3-7-12)15(20)21/h2-9H,1H3,(H,20,21)(H2,17,18,19,23)/p-1. The minimum atomic E-state index is -1.26. The summed E-state index contributed by atoms with van der Waals surface area (Å²) in [6.07, 6.45) is 0. The number of thiocarbonyl (C=S) groups is 1. The van der Waals surface area contributed by atoms with E-state index in [9.17, 15) is 14.7 Å². The van der Waals surface area contributed by atoms with Crippen LogP contribution in [0.25, 0.3) is 0 Å². The molecule has 0 aliphatic rings. The van der Waals surface area contributed by atoms with E-state index in [1.807, 2.05) is 0 Å². The highest BCUT2D eigenvalue weighted by Crippen LogP contribution is 2.12. The fourth-order valence-electron chi connectivity index (χ4n) is 1.77. The Hall–Kier alpha value is -2.93. The number of carboxylic acids is 1. The molecule has 23 heavy (non-hydrogen) atoms. The van der Waals surface area contributed by atoms with E-state index < -0.39 is 5.97 Å². The van der Waals surface area contributed by atoms with Crippen LogP contribution in [0.2, 0.25) is 0 Å². The van der Waals surface area contributed by atoms with E-state index in [4.69, 9.17) is 17.0 Å². The van der Waals surface area contributed by atoms with Crippen LogP contribution in [0.4, 0.5) is 5.69 Å². The lowest BCUT2D eigenvalue weighted by Gasteiger charge is -2.10. The third-order valence-electron chi connectivity index (χ3n) is 2.96. The first-order valence-electron chi connectivity index (χ1n) is 6.57. The molecule has 0 saturated heterocycles. The quantitative estimate of drug-likeness (QED) is 0.819. The maximum atomic E-state index is 12.0. The Bertz CT molecular complexity index is 727. The summed E-state index contributed by atoms with van der Waals surface area (Å²) in [6, 6.07) is 12.4. The Balaban J connectivity index is 1.95. The molecule has 2 N–H and O–H groups in total. The Kier molecular flexibility index (Phi) is 5.27. The van der Waals surface area contributed by atoms with Gasteiger partial charge in [-0.25, -0.2) is 0 Å². The van der Waals surface area contributed by atoms with E-state index in [0.717, 1.165) is 0 Å². The molecule has 0 aliphatic heterocycles. The summed E-state index contributed by atoms with van der Waals surface area (Å²) in [5, 5.41) is 16.1. The highest BCUT2D eigenvalue weighted by Gasteiger charge is 2.08. The summed E-state index contributed by atoms with van der Waals surface area (Å²) >= 11 is 5.05. The van der Waals surface area contributed by atoms with Crippen LogP contribution in [0.3, 0.4) is 0 Å². The molecular formula is C16H13N2O4S-. The second-order valence-corrected chi connectivity index (χ2v) is 4.91. The van der Waals surface area contributed by atoms with Crippen molar-refractivity contribution >= 4 is 34.9 Å². The maximum absolute atomic E-state index is 12.0. The lowest BCUT2D eigenvalue weighted by molar-refractivity contribution is -0.255. The Morgan fingerprint density at radius 3 is 2.09 bits per heavy atom. The number of ether oxygens (including phenoxy) is 1. The van der Waals surface area contributed by atoms with E-state index in [0.29, 0.717) is 17.0 Å². The normalized spacial score (nSPS) is 9.78. The van der Waals surface area contributed by atoms with Crippen molar-refractivity contribution in [1.29, 1.82) is 0 Å². The van der Waals surface area contributed by atoms with Gasteiger partial charge in [0, 0.05) is 11.3 Å². The number of nitrogens with one attached hydrogen (secondary N) is 2. The van der Waals surface area contributed by atoms with E-state index in [1.54, 1.807) is 31.4 Å². The van der Waals surface area contributed by atoms with Crippen LogP contribution in [0, 0.1) is 0 Å². The van der Waals surface area contributed by atoms with Gasteiger partial charge in [0.2, 0.25) is 0 Å². The van der Waals surface area contributed by atoms with Gasteiger partial charge >= 0.3 is 0 Å². The molecule has 2 aromatic rings. The monoisotopic (exact) mass is 329 g/mol. The van der Waals surface area contributed by atoms with Crippen molar-refractivity contribution in [2.45, 2.75) is 0 Å². The number of aromatic carboxylic acids is 1. The summed E-state index contributed by atoms with van der Waals surface area (Å²) in [6.45, 7) is 0. The fourth-order valence-corrected chi connectivity index (χ4v) is 1.98. The largest absolute Gasteiger partial charge is 0.545 e. The average molecular weight is 329 g/mol. The van der Waals surface area contributed by atoms with Crippen LogP contribution in [0.1, 0.15) is 20.7 Å². The van der Waals surface area contributed by atoms with Gasteiger partial charge in [-0.05, 0) is 54.2 Å². The molecule has 0 spiro atoms. The third-order valence-corrected chi connectivity index (χ3v) is 3.16. The Labute approximate surface area is 138 Å². The first-order valence-corrected chi connectivity index (χ1v) is 6.98. The number of methoxy groups -OCH3 is 1. The van der Waals surface area contributed by atoms with E-state index >= 15 is 0 Å². The predicted octanol–water partition coefficient (Wildman–Crippen LogP) is 1.19. The SMILES string of the molecule is COc1ccc(C(=O)NC(=S)Nc2ccc(C(=O)[O-])cc2)cc1. The van der Waals surface area contributed by atoms with Gasteiger partial charge in [0.05, 0.1) is 13.1 Å². The molecule has 118 valence electrons. The second-order valence-electron chi connectivity index (χ2n) is 4.50. The van der Waals surface area contributed by atoms with Crippen molar-refractivity contribution in [3.05, 3.63) is 59.7 Å². The highest BCUT2D eigenvalue weighted by atomic mass is 32.1. The number of amides is 1. The van der Waals surface area contributed by atoms with Crippen molar-refractivity contribution in [2.24, 2.45) is 0 Å². The molecule has 0 fully saturated rings. The van der Waals surface area contributed by atoms with E-state index in [-0.39, 0.29) is 16.6 Å². The smallest absolute Gasteiger partial charge is 0.257 e. The third kappa shape index (κ3) is 4.52. The summed E-state index contributed by atoms with van der Waals surface area (Å²) in [7, 11) is 1.54. The zero-order valence-electron chi connectivity index (χ0n) is 12.2. The van der Waals surface area contributed by atoms with E-state index in [1.165, 1.54) is 24.3 Å². The topological polar surface area (TPSA) is 90.5 Å². The molecule has 0 radical (unpaired) electrons. The van der Waals surface area contributed by atoms with Crippen molar-refractivity contribution in [3.63, 3.8) is 0 Å². The first kappa shape index (κ1) is 16.4. The van der Waals surface area contributed by atoms with Crippen LogP contribution in [0.15, 0.2) is 48.5 Å². The summed E-state index contributed by atoms with van der Waals surface area (Å²) < 4.78 is 5.02. The van der Waals surface area contributed by atoms with Crippen LogP contribution in [-0.4, -0.2) is 24.1 Å². The summed E-state index contributed by atoms with van der Waals surface area (Å²) in [5.74, 6) is -0.973. The molecular weight excluding hydrogens is 316 g/mol. The molecule has 0 heterocycles. The molecule has 0 saturated carbocycles. The molecule has 7 heteroatoms. The van der Waals surface area contributed by atoms with Crippen molar-refractivity contribution in [1.82, 2.24) is 5.32 Å². The molecule has 0 aromatic heterocycles. The van der Waals surface area contributed by atoms with Gasteiger partial charge in [-0.15, -0.1) is 0 Å². The minimum absolute atomic E-state index is 0.0590. The second kappa shape index (κ2) is 7.37. The molecule has 0 bridgehead atoms. The maximum Gasteiger partial charge on any atom is 0.257 e. The Morgan fingerprint density at radius 2 is 1.57 bits per heavy atom. The van der Waals surface area contributed by atoms with Crippen LogP contribution in [-0.2, 0) is 0 Å². The zero-order valence-corrected chi connectivity index (χ0v) is 13.0. The first-order chi connectivity index (χ1) is 11.0. The number of hydrogen-bond donors (Lipinski definition) is 2. The van der Waals surface area contributed by atoms with Crippen LogP contribution in [0.5, 0.6) is 5.75 Å². The number of rotatable bonds is 4. The van der Waals surface area contributed by atoms with Crippen LogP contribution < -0.4 is 20.5 Å². The lowest BCUT2D eigenvalue weighted by Crippen LogP contribution is -2.34. The van der Waals surface area contributed by atoms with E-state index in [2.05, 4.69) is 10.6 Å². The number of hydrogen-bond acceptors (Lipinski definition) is 5. The average Bonchev–Trinajstić information content (AvgIpc) is 2.55. The van der Waals surface area contributed by atoms with Gasteiger partial charge in [0.25, 0.3) is 5.91 Å². The highest BCUT2D eigenvalue weighted by molar-refractivity contribution is 7.80. The number of anilines is 1. The lowest BCUT2D eigenvalue weighted by atomic mass is 10.2. The van der Waals surface area contributed by atoms with Gasteiger partial charge in [0.1, 0.15) is 5.75 Å². The number of carbonyl (C=O) groups is 2. The van der Waals surface area contributed by atoms with Gasteiger partial charge in [0.15, 0.2) is 5.11 Å². The molecule has 0 atom stereocenters. The predicted molar refractivity (Wildman–Crippen MR) is 87.5 cm³/mol. The Morgan fingerprint density at radius 1 is 1.00 bits per heavy atom. The van der Waals surface area contributed by atoms with Crippen molar-refractivity contribution < 1.29 is 19.4 Å². The van der Waals surface area contributed by atoms with Crippen molar-refractivity contribution in [3.8, 4) is 5.75 Å². The molecule has 0 aliphatic carbocycles. The molecule has 2 aromatic carbocycles. The number of carbonyl (C=O) groups excluding carboxylic acids is 2. The van der Waals surface area contributed by atoms with Crippen molar-refractivity contribution in [2.75, 3.05) is 12.4 Å². The van der Waals surface area contributed by atoms with Gasteiger partial charge in [-0.3, -0.25) is 10.1 Å². The molecule has 6 nitrogen and oxygen atoms in total. The summed E-state index contributed by atoms with van der Waals surface area (Å²) in [4.78, 5) is 22.7. The number of benzene rings is 2. The zero-order chi connectivity index (χ0) is 16.8. The number of carboxylic acid groups (broad SMARTS) is 1. The van der Waals surface area contributed by atoms with Gasteiger partial charge in [-0.2, -0.15) is 0 Å². The molecule has 1 amide bonds. The fraction of sp³-hybridized carbons (Fsp3) is 0.0625. The molecule has 2 rings (SSSR count). The minimum Gasteiger partial charge on any atom is -0.545 e. The van der Waals surface area contributed by atoms with Gasteiger partial charge in [-0.1, -0.05) is 12.1 Å². The van der Waals surface area contributed by atoms with Crippen LogP contribution >= 0.6 is 12.2 Å². The molecule has 0 unspecified atom stereocenters. The van der Waals surface area contributed by atoms with Gasteiger partial charge < -0.3 is 20.0 Å². The summed E-state index contributed by atoms with van der Waals surface area (Å²) in [5.41, 5.74) is 1.04.